The Morgan fingerprint density at radius 1 is 1.24 bits per heavy atom. The van der Waals surface area contributed by atoms with Gasteiger partial charge in [0.25, 0.3) is 0 Å². The number of hydrogen-bond donors (Lipinski definition) is 1. The van der Waals surface area contributed by atoms with E-state index in [9.17, 15) is 0 Å². The molecule has 0 bridgehead atoms. The highest BCUT2D eigenvalue weighted by Gasteiger charge is 2.22. The molecule has 0 radical (unpaired) electrons. The molecule has 1 aromatic carbocycles. The van der Waals surface area contributed by atoms with Gasteiger partial charge in [-0.15, -0.1) is 0 Å². The summed E-state index contributed by atoms with van der Waals surface area (Å²) < 4.78 is 6.15. The first-order chi connectivity index (χ1) is 8.20. The zero-order chi connectivity index (χ0) is 12.3. The van der Waals surface area contributed by atoms with Crippen LogP contribution in [0.4, 0.5) is 0 Å². The summed E-state index contributed by atoms with van der Waals surface area (Å²) in [6.45, 7) is 8.46. The monoisotopic (exact) mass is 233 g/mol. The van der Waals surface area contributed by atoms with Gasteiger partial charge in [-0.25, -0.2) is 0 Å². The summed E-state index contributed by atoms with van der Waals surface area (Å²) in [4.78, 5) is 0. The molecule has 1 aromatic rings. The molecule has 1 fully saturated rings. The maximum Gasteiger partial charge on any atom is 0.0953 e. The van der Waals surface area contributed by atoms with Gasteiger partial charge in [0.1, 0.15) is 0 Å². The van der Waals surface area contributed by atoms with Crippen LogP contribution in [-0.2, 0) is 4.74 Å². The van der Waals surface area contributed by atoms with Crippen LogP contribution in [0, 0.1) is 13.8 Å². The molecule has 2 nitrogen and oxygen atoms in total. The minimum atomic E-state index is 0.222. The van der Waals surface area contributed by atoms with Crippen LogP contribution in [0.25, 0.3) is 0 Å². The van der Waals surface area contributed by atoms with E-state index >= 15 is 0 Å². The van der Waals surface area contributed by atoms with Gasteiger partial charge in [0, 0.05) is 13.1 Å². The summed E-state index contributed by atoms with van der Waals surface area (Å²) in [5.74, 6) is 0. The summed E-state index contributed by atoms with van der Waals surface area (Å²) >= 11 is 0. The standard InChI is InChI=1S/C15H23NO/c1-4-5-14-9-16-10-15(17-14)13-7-6-11(2)12(3)8-13/h6-8,14-16H,4-5,9-10H2,1-3H3. The average Bonchev–Trinajstić information content (AvgIpc) is 2.33. The van der Waals surface area contributed by atoms with Gasteiger partial charge in [-0.1, -0.05) is 31.5 Å². The molecule has 1 aliphatic heterocycles. The average molecular weight is 233 g/mol. The fourth-order valence-corrected chi connectivity index (χ4v) is 2.36. The minimum absolute atomic E-state index is 0.222. The molecule has 1 saturated heterocycles. The summed E-state index contributed by atoms with van der Waals surface area (Å²) in [7, 11) is 0. The van der Waals surface area contributed by atoms with Gasteiger partial charge in [-0.05, 0) is 37.0 Å². The highest BCUT2D eigenvalue weighted by molar-refractivity contribution is 5.31. The number of aryl methyl sites for hydroxylation is 2. The van der Waals surface area contributed by atoms with Gasteiger partial charge in [0.15, 0.2) is 0 Å². The van der Waals surface area contributed by atoms with Gasteiger partial charge in [-0.3, -0.25) is 0 Å². The summed E-state index contributed by atoms with van der Waals surface area (Å²) in [5, 5.41) is 3.48. The van der Waals surface area contributed by atoms with Crippen molar-refractivity contribution in [2.45, 2.75) is 45.8 Å². The Morgan fingerprint density at radius 3 is 2.76 bits per heavy atom. The largest absolute Gasteiger partial charge is 0.368 e. The van der Waals surface area contributed by atoms with Crippen molar-refractivity contribution in [1.82, 2.24) is 5.32 Å². The van der Waals surface area contributed by atoms with Crippen molar-refractivity contribution in [3.8, 4) is 0 Å². The summed E-state index contributed by atoms with van der Waals surface area (Å²) in [5.41, 5.74) is 4.01. The van der Waals surface area contributed by atoms with Gasteiger partial charge in [-0.2, -0.15) is 0 Å². The topological polar surface area (TPSA) is 21.3 Å². The molecule has 1 aliphatic rings. The van der Waals surface area contributed by atoms with E-state index in [0.29, 0.717) is 6.10 Å². The van der Waals surface area contributed by atoms with E-state index in [4.69, 9.17) is 4.74 Å². The fourth-order valence-electron chi connectivity index (χ4n) is 2.36. The maximum atomic E-state index is 6.15. The van der Waals surface area contributed by atoms with Crippen LogP contribution in [0.3, 0.4) is 0 Å². The number of ether oxygens (including phenoxy) is 1. The van der Waals surface area contributed by atoms with Crippen LogP contribution >= 0.6 is 0 Å². The molecule has 17 heavy (non-hydrogen) atoms. The normalized spacial score (nSPS) is 24.9. The molecular formula is C15H23NO. The van der Waals surface area contributed by atoms with Crippen LogP contribution in [0.1, 0.15) is 42.6 Å². The summed E-state index contributed by atoms with van der Waals surface area (Å²) in [6, 6.07) is 6.65. The lowest BCUT2D eigenvalue weighted by Crippen LogP contribution is -2.40. The van der Waals surface area contributed by atoms with Crippen LogP contribution in [0.2, 0.25) is 0 Å². The lowest BCUT2D eigenvalue weighted by molar-refractivity contribution is -0.0425. The second kappa shape index (κ2) is 5.65. The Balaban J connectivity index is 2.08. The second-order valence-corrected chi connectivity index (χ2v) is 5.04. The maximum absolute atomic E-state index is 6.15. The van der Waals surface area contributed by atoms with E-state index in [1.165, 1.54) is 23.1 Å². The molecule has 2 atom stereocenters. The highest BCUT2D eigenvalue weighted by atomic mass is 16.5. The Bertz CT molecular complexity index is 373. The van der Waals surface area contributed by atoms with Crippen molar-refractivity contribution < 1.29 is 4.74 Å². The molecular weight excluding hydrogens is 210 g/mol. The van der Waals surface area contributed by atoms with Crippen LogP contribution in [0.15, 0.2) is 18.2 Å². The van der Waals surface area contributed by atoms with E-state index < -0.39 is 0 Å². The zero-order valence-corrected chi connectivity index (χ0v) is 11.1. The Kier molecular flexibility index (Phi) is 4.19. The van der Waals surface area contributed by atoms with Gasteiger partial charge < -0.3 is 10.1 Å². The molecule has 0 saturated carbocycles. The predicted molar refractivity (Wildman–Crippen MR) is 71.3 cm³/mol. The first kappa shape index (κ1) is 12.6. The van der Waals surface area contributed by atoms with Crippen LogP contribution < -0.4 is 5.32 Å². The van der Waals surface area contributed by atoms with E-state index in [1.807, 2.05) is 0 Å². The Morgan fingerprint density at radius 2 is 2.06 bits per heavy atom. The minimum Gasteiger partial charge on any atom is -0.368 e. The third-order valence-corrected chi connectivity index (χ3v) is 3.57. The molecule has 94 valence electrons. The van der Waals surface area contributed by atoms with E-state index in [2.05, 4.69) is 44.3 Å². The van der Waals surface area contributed by atoms with Crippen molar-refractivity contribution in [2.75, 3.05) is 13.1 Å². The smallest absolute Gasteiger partial charge is 0.0953 e. The lowest BCUT2D eigenvalue weighted by Gasteiger charge is -2.31. The van der Waals surface area contributed by atoms with Gasteiger partial charge in [0.2, 0.25) is 0 Å². The molecule has 2 rings (SSSR count). The fraction of sp³-hybridized carbons (Fsp3) is 0.600. The quantitative estimate of drug-likeness (QED) is 0.866. The molecule has 2 heteroatoms. The van der Waals surface area contributed by atoms with Crippen molar-refractivity contribution in [1.29, 1.82) is 0 Å². The van der Waals surface area contributed by atoms with Crippen molar-refractivity contribution >= 4 is 0 Å². The van der Waals surface area contributed by atoms with E-state index in [-0.39, 0.29) is 6.10 Å². The lowest BCUT2D eigenvalue weighted by atomic mass is 10.0. The number of nitrogens with one attached hydrogen (secondary N) is 1. The highest BCUT2D eigenvalue weighted by Crippen LogP contribution is 2.24. The predicted octanol–water partition coefficient (Wildman–Crippen LogP) is 3.13. The first-order valence-electron chi connectivity index (χ1n) is 6.64. The molecule has 0 aromatic heterocycles. The van der Waals surface area contributed by atoms with Crippen molar-refractivity contribution in [3.05, 3.63) is 34.9 Å². The number of hydrogen-bond acceptors (Lipinski definition) is 2. The molecule has 0 aliphatic carbocycles. The molecule has 2 unspecified atom stereocenters. The summed E-state index contributed by atoms with van der Waals surface area (Å²) in [6.07, 6.45) is 2.93. The van der Waals surface area contributed by atoms with Crippen LogP contribution in [-0.4, -0.2) is 19.2 Å². The number of benzene rings is 1. The third-order valence-electron chi connectivity index (χ3n) is 3.57. The first-order valence-corrected chi connectivity index (χ1v) is 6.64. The SMILES string of the molecule is CCCC1CNCC(c2ccc(C)c(C)c2)O1. The second-order valence-electron chi connectivity index (χ2n) is 5.04. The Labute approximate surface area is 104 Å². The van der Waals surface area contributed by atoms with E-state index in [0.717, 1.165) is 19.5 Å². The third kappa shape index (κ3) is 3.08. The van der Waals surface area contributed by atoms with Crippen LogP contribution in [0.5, 0.6) is 0 Å². The molecule has 0 amide bonds. The van der Waals surface area contributed by atoms with Crippen molar-refractivity contribution in [3.63, 3.8) is 0 Å². The van der Waals surface area contributed by atoms with Gasteiger partial charge in [0.05, 0.1) is 12.2 Å². The Hall–Kier alpha value is -0.860. The molecule has 1 heterocycles. The number of morpholine rings is 1. The molecule has 1 N–H and O–H groups in total. The van der Waals surface area contributed by atoms with Crippen molar-refractivity contribution in [2.24, 2.45) is 0 Å². The molecule has 0 spiro atoms. The van der Waals surface area contributed by atoms with E-state index in [1.54, 1.807) is 0 Å². The number of rotatable bonds is 3. The van der Waals surface area contributed by atoms with Gasteiger partial charge >= 0.3 is 0 Å². The zero-order valence-electron chi connectivity index (χ0n) is 11.1.